The molecule has 4 aliphatic heterocycles. The van der Waals surface area contributed by atoms with Crippen LogP contribution in [-0.4, -0.2) is 137 Å². The first kappa shape index (κ1) is 72.9. The number of likely N-dealkylation sites (tertiary alicyclic amines) is 4. The van der Waals surface area contributed by atoms with Gasteiger partial charge in [0.05, 0.1) is 24.4 Å². The van der Waals surface area contributed by atoms with Crippen LogP contribution in [0.5, 0.6) is 23.0 Å². The Balaban J connectivity index is 0.000000150. The van der Waals surface area contributed by atoms with Gasteiger partial charge in [-0.2, -0.15) is 0 Å². The van der Waals surface area contributed by atoms with Crippen LogP contribution in [0.1, 0.15) is 148 Å². The standard InChI is InChI=1S/4C21H27NO2/c4*1-16(21(24)19-7-9-20(23)10-8-19)22-13-11-18(12-14-22)15-17-5-3-2-4-6-17/h4*2-10,16,18,21,23-24H,11-15H2,1H3/t4*16-,21+/m1100/s1. The molecule has 8 aromatic rings. The summed E-state index contributed by atoms with van der Waals surface area (Å²) >= 11 is 0. The fourth-order valence-corrected chi connectivity index (χ4v) is 14.6. The fraction of sp³-hybridized carbons (Fsp3) is 0.429. The number of nitrogens with zero attached hydrogens (tertiary/aromatic N) is 4. The normalized spacial score (nSPS) is 19.1. The minimum Gasteiger partial charge on any atom is -0.508 e. The maximum absolute atomic E-state index is 10.6. The lowest BCUT2D eigenvalue weighted by molar-refractivity contribution is 0.0373. The lowest BCUT2D eigenvalue weighted by Crippen LogP contribution is -2.43. The van der Waals surface area contributed by atoms with E-state index in [-0.39, 0.29) is 47.2 Å². The van der Waals surface area contributed by atoms with Crippen LogP contribution in [0.4, 0.5) is 0 Å². The number of rotatable bonds is 20. The van der Waals surface area contributed by atoms with Crippen molar-refractivity contribution < 1.29 is 40.9 Å². The fourth-order valence-electron chi connectivity index (χ4n) is 14.6. The van der Waals surface area contributed by atoms with Crippen molar-refractivity contribution in [2.45, 2.75) is 153 Å². The smallest absolute Gasteiger partial charge is 0.115 e. The van der Waals surface area contributed by atoms with Crippen LogP contribution in [0.3, 0.4) is 0 Å². The van der Waals surface area contributed by atoms with Crippen LogP contribution in [-0.2, 0) is 25.7 Å². The van der Waals surface area contributed by atoms with Crippen LogP contribution in [0.2, 0.25) is 0 Å². The molecule has 8 N–H and O–H groups in total. The van der Waals surface area contributed by atoms with Crippen LogP contribution < -0.4 is 0 Å². The summed E-state index contributed by atoms with van der Waals surface area (Å²) in [6.07, 6.45) is 12.0. The molecule has 4 heterocycles. The van der Waals surface area contributed by atoms with E-state index in [2.05, 4.69) is 169 Å². The van der Waals surface area contributed by atoms with E-state index in [0.29, 0.717) is 0 Å². The Labute approximate surface area is 572 Å². The Morgan fingerprint density at radius 1 is 0.250 bits per heavy atom. The van der Waals surface area contributed by atoms with Gasteiger partial charge in [-0.3, -0.25) is 19.6 Å². The molecule has 0 amide bonds. The third kappa shape index (κ3) is 22.3. The molecule has 4 aliphatic rings. The van der Waals surface area contributed by atoms with E-state index in [1.807, 2.05) is 0 Å². The van der Waals surface area contributed by atoms with Crippen molar-refractivity contribution in [2.24, 2.45) is 23.7 Å². The minimum atomic E-state index is -0.517. The number of aromatic hydroxyl groups is 4. The highest BCUT2D eigenvalue weighted by atomic mass is 16.3. The summed E-state index contributed by atoms with van der Waals surface area (Å²) in [6, 6.07) is 70.7. The number of aliphatic hydroxyl groups is 4. The molecule has 512 valence electrons. The highest BCUT2D eigenvalue weighted by molar-refractivity contribution is 5.31. The van der Waals surface area contributed by atoms with Crippen molar-refractivity contribution >= 4 is 0 Å². The average molecular weight is 1300 g/mol. The summed E-state index contributed by atoms with van der Waals surface area (Å²) in [7, 11) is 0. The molecular weight excluding hydrogens is 1190 g/mol. The monoisotopic (exact) mass is 1300 g/mol. The number of benzene rings is 8. The van der Waals surface area contributed by atoms with E-state index in [9.17, 15) is 40.9 Å². The van der Waals surface area contributed by atoms with Gasteiger partial charge >= 0.3 is 0 Å². The van der Waals surface area contributed by atoms with E-state index < -0.39 is 24.4 Å². The Morgan fingerprint density at radius 3 is 0.562 bits per heavy atom. The van der Waals surface area contributed by atoms with Gasteiger partial charge in [-0.1, -0.05) is 170 Å². The van der Waals surface area contributed by atoms with Gasteiger partial charge in [-0.15, -0.1) is 0 Å². The Bertz CT molecular complexity index is 2930. The van der Waals surface area contributed by atoms with Gasteiger partial charge in [0, 0.05) is 24.2 Å². The van der Waals surface area contributed by atoms with Crippen molar-refractivity contribution in [3.05, 3.63) is 263 Å². The number of phenolic OH excluding ortho intramolecular Hbond substituents is 4. The topological polar surface area (TPSA) is 175 Å². The predicted octanol–water partition coefficient (Wildman–Crippen LogP) is 15.1. The molecule has 0 aromatic heterocycles. The van der Waals surface area contributed by atoms with Gasteiger partial charge in [0.2, 0.25) is 0 Å². The molecule has 12 nitrogen and oxygen atoms in total. The van der Waals surface area contributed by atoms with Gasteiger partial charge < -0.3 is 40.9 Å². The largest absolute Gasteiger partial charge is 0.508 e. The molecule has 4 fully saturated rings. The van der Waals surface area contributed by atoms with Crippen molar-refractivity contribution in [3.8, 4) is 23.0 Å². The number of hydrogen-bond acceptors (Lipinski definition) is 12. The molecule has 0 saturated carbocycles. The molecule has 0 unspecified atom stereocenters. The minimum absolute atomic E-state index is 0.0900. The first-order chi connectivity index (χ1) is 46.5. The number of piperidine rings is 4. The zero-order chi connectivity index (χ0) is 67.8. The summed E-state index contributed by atoms with van der Waals surface area (Å²) in [5, 5.41) is 80.0. The van der Waals surface area contributed by atoms with Crippen molar-refractivity contribution in [2.75, 3.05) is 52.4 Å². The third-order valence-corrected chi connectivity index (χ3v) is 21.1. The molecule has 8 atom stereocenters. The average Bonchev–Trinajstić information content (AvgIpc) is 1.63. The number of aliphatic hydroxyl groups excluding tert-OH is 4. The molecular formula is C84H108N4O8. The maximum Gasteiger partial charge on any atom is 0.115 e. The van der Waals surface area contributed by atoms with E-state index in [4.69, 9.17) is 0 Å². The van der Waals surface area contributed by atoms with Gasteiger partial charge in [0.15, 0.2) is 0 Å². The second-order valence-corrected chi connectivity index (χ2v) is 27.8. The molecule has 8 aromatic carbocycles. The summed E-state index contributed by atoms with van der Waals surface area (Å²) in [5.41, 5.74) is 9.17. The van der Waals surface area contributed by atoms with Gasteiger partial charge in [-0.25, -0.2) is 0 Å². The SMILES string of the molecule is C[C@@H]([C@@H](O)c1ccc(O)cc1)N1CCC(Cc2ccccc2)CC1.C[C@@H]([C@@H](O)c1ccc(O)cc1)N1CCC(Cc2ccccc2)CC1.C[C@H]([C@H](O)c1ccc(O)cc1)N1CCC(Cc2ccccc2)CC1.C[C@H]([C@H](O)c1ccc(O)cc1)N1CCC(Cc2ccccc2)CC1. The van der Waals surface area contributed by atoms with Crippen LogP contribution in [0.25, 0.3) is 0 Å². The van der Waals surface area contributed by atoms with E-state index in [1.165, 1.54) is 73.6 Å². The molecule has 12 heteroatoms. The predicted molar refractivity (Wildman–Crippen MR) is 388 cm³/mol. The highest BCUT2D eigenvalue weighted by Gasteiger charge is 2.32. The summed E-state index contributed by atoms with van der Waals surface area (Å²) in [6.45, 7) is 16.7. The molecule has 4 saturated heterocycles. The highest BCUT2D eigenvalue weighted by Crippen LogP contribution is 2.33. The molecule has 0 spiro atoms. The van der Waals surface area contributed by atoms with Crippen molar-refractivity contribution in [3.63, 3.8) is 0 Å². The number of phenols is 4. The van der Waals surface area contributed by atoms with Gasteiger partial charge in [0.25, 0.3) is 0 Å². The molecule has 12 rings (SSSR count). The van der Waals surface area contributed by atoms with Crippen LogP contribution in [0.15, 0.2) is 218 Å². The molecule has 0 aliphatic carbocycles. The quantitative estimate of drug-likeness (QED) is 0.0363. The van der Waals surface area contributed by atoms with Crippen LogP contribution in [0, 0.1) is 23.7 Å². The third-order valence-electron chi connectivity index (χ3n) is 21.1. The summed E-state index contributed by atoms with van der Waals surface area (Å²) < 4.78 is 0. The summed E-state index contributed by atoms with van der Waals surface area (Å²) in [5.74, 6) is 3.90. The van der Waals surface area contributed by atoms with E-state index >= 15 is 0 Å². The zero-order valence-electron chi connectivity index (χ0n) is 57.2. The Hall–Kier alpha value is -7.36. The second-order valence-electron chi connectivity index (χ2n) is 27.8. The van der Waals surface area contributed by atoms with Crippen molar-refractivity contribution in [1.29, 1.82) is 0 Å². The first-order valence-electron chi connectivity index (χ1n) is 35.5. The number of hydrogen-bond donors (Lipinski definition) is 8. The lowest BCUT2D eigenvalue weighted by Gasteiger charge is -2.38. The molecule has 0 bridgehead atoms. The summed E-state index contributed by atoms with van der Waals surface area (Å²) in [4.78, 5) is 9.55. The molecule has 0 radical (unpaired) electrons. The maximum atomic E-state index is 10.6. The first-order valence-corrected chi connectivity index (χ1v) is 35.5. The van der Waals surface area contributed by atoms with E-state index in [1.54, 1.807) is 97.1 Å². The van der Waals surface area contributed by atoms with Gasteiger partial charge in [-0.05, 0) is 274 Å². The van der Waals surface area contributed by atoms with E-state index in [0.717, 1.165) is 124 Å². The Kier molecular flexibility index (Phi) is 28.4. The zero-order valence-corrected chi connectivity index (χ0v) is 57.2. The molecule has 96 heavy (non-hydrogen) atoms. The van der Waals surface area contributed by atoms with Crippen molar-refractivity contribution in [1.82, 2.24) is 19.6 Å². The van der Waals surface area contributed by atoms with Gasteiger partial charge in [0.1, 0.15) is 23.0 Å². The lowest BCUT2D eigenvalue weighted by atomic mass is 9.89. The van der Waals surface area contributed by atoms with Crippen LogP contribution >= 0.6 is 0 Å². The second kappa shape index (κ2) is 37.4. The Morgan fingerprint density at radius 2 is 0.406 bits per heavy atom.